The van der Waals surface area contributed by atoms with E-state index in [0.717, 1.165) is 16.7 Å². The number of ether oxygens (including phenoxy) is 3. The molecule has 1 aromatic heterocycles. The Balaban J connectivity index is 1.21. The summed E-state index contributed by atoms with van der Waals surface area (Å²) in [7, 11) is 0. The summed E-state index contributed by atoms with van der Waals surface area (Å²) in [4.78, 5) is 60.8. The molecule has 0 amide bonds. The van der Waals surface area contributed by atoms with E-state index < -0.39 is 47.3 Å². The number of hydrogen-bond donors (Lipinski definition) is 2. The van der Waals surface area contributed by atoms with Crippen molar-refractivity contribution in [1.29, 1.82) is 0 Å². The number of oxime groups is 1. The highest BCUT2D eigenvalue weighted by Crippen LogP contribution is 2.44. The summed E-state index contributed by atoms with van der Waals surface area (Å²) in [5, 5.41) is 19.8. The van der Waals surface area contributed by atoms with Gasteiger partial charge in [0, 0.05) is 35.9 Å². The first-order valence-corrected chi connectivity index (χ1v) is 20.2. The number of nitrogens with zero attached hydrogens (tertiary/aromatic N) is 2. The van der Waals surface area contributed by atoms with Crippen molar-refractivity contribution in [3.8, 4) is 11.5 Å². The van der Waals surface area contributed by atoms with Gasteiger partial charge in [0.1, 0.15) is 11.2 Å². The lowest BCUT2D eigenvalue weighted by Gasteiger charge is -2.36. The second-order valence-electron chi connectivity index (χ2n) is 13.8. The van der Waals surface area contributed by atoms with Crippen LogP contribution in [-0.2, 0) is 39.9 Å². The van der Waals surface area contributed by atoms with E-state index in [1.54, 1.807) is 72.1 Å². The number of nitrogens with one attached hydrogen (secondary N) is 1. The van der Waals surface area contributed by atoms with Gasteiger partial charge in [-0.3, -0.25) is 9.59 Å². The molecule has 7 aromatic rings. The first-order valence-electron chi connectivity index (χ1n) is 19.3. The van der Waals surface area contributed by atoms with E-state index in [1.807, 2.05) is 91.0 Å². The van der Waals surface area contributed by atoms with Crippen molar-refractivity contribution >= 4 is 46.1 Å². The maximum atomic E-state index is 14.0. The lowest BCUT2D eigenvalue weighted by atomic mass is 9.77. The van der Waals surface area contributed by atoms with Gasteiger partial charge < -0.3 is 29.5 Å². The predicted molar refractivity (Wildman–Crippen MR) is 233 cm³/mol. The first kappa shape index (κ1) is 42.2. The topological polar surface area (TPSA) is 163 Å². The Morgan fingerprint density at radius 3 is 1.52 bits per heavy atom. The number of rotatable bonds is 16. The summed E-state index contributed by atoms with van der Waals surface area (Å²) in [6, 6.07) is 51.7. The van der Waals surface area contributed by atoms with Gasteiger partial charge in [0.2, 0.25) is 12.3 Å². The van der Waals surface area contributed by atoms with E-state index in [4.69, 9.17) is 19.0 Å². The summed E-state index contributed by atoms with van der Waals surface area (Å²) >= 11 is 1.18. The van der Waals surface area contributed by atoms with Crippen molar-refractivity contribution in [3.63, 3.8) is 0 Å². The minimum atomic E-state index is -1.69. The van der Waals surface area contributed by atoms with Crippen LogP contribution in [0.3, 0.4) is 0 Å². The fourth-order valence-corrected chi connectivity index (χ4v) is 7.90. The number of carboxylic acid groups (broad SMARTS) is 1. The van der Waals surface area contributed by atoms with Gasteiger partial charge in [-0.1, -0.05) is 163 Å². The minimum absolute atomic E-state index is 0.00441. The lowest BCUT2D eigenvalue weighted by molar-refractivity contribution is -0.159. The number of hydrogen-bond acceptors (Lipinski definition) is 12. The molecule has 7 rings (SSSR count). The third kappa shape index (κ3) is 9.13. The Hall–Kier alpha value is -7.90. The Morgan fingerprint density at radius 2 is 1.06 bits per heavy atom. The predicted octanol–water partition coefficient (Wildman–Crippen LogP) is 8.74. The second-order valence-corrected chi connectivity index (χ2v) is 14.6. The molecule has 62 heavy (non-hydrogen) atoms. The molecular formula is C49H39N3O9S. The molecule has 0 spiro atoms. The number of aliphatic carboxylic acids is 1. The van der Waals surface area contributed by atoms with Crippen LogP contribution in [0, 0.1) is 0 Å². The molecule has 12 nitrogen and oxygen atoms in total. The molecule has 0 atom stereocenters. The lowest BCUT2D eigenvalue weighted by Crippen LogP contribution is -2.38. The number of carbonyl (C=O) groups is 4. The van der Waals surface area contributed by atoms with Crippen LogP contribution in [-0.4, -0.2) is 46.3 Å². The zero-order valence-electron chi connectivity index (χ0n) is 33.5. The van der Waals surface area contributed by atoms with Crippen molar-refractivity contribution in [2.75, 3.05) is 11.9 Å². The molecule has 1 heterocycles. The zero-order valence-corrected chi connectivity index (χ0v) is 34.3. The van der Waals surface area contributed by atoms with Gasteiger partial charge in [0.05, 0.1) is 0 Å². The Kier molecular flexibility index (Phi) is 12.9. The summed E-state index contributed by atoms with van der Waals surface area (Å²) in [6.07, 6.45) is 0. The molecule has 0 fully saturated rings. The number of benzene rings is 6. The molecule has 0 aliphatic carbocycles. The van der Waals surface area contributed by atoms with Crippen LogP contribution in [0.2, 0.25) is 0 Å². The van der Waals surface area contributed by atoms with Crippen LogP contribution in [0.25, 0.3) is 0 Å². The SMILES string of the molecule is CC(=O)Oc1ccc(C(OC(=O)CO/N=C(\C(=O)O)c2csc(NC(c3ccccc3)(c3ccccc3)c3ccccc3)n2)(c2ccccc2)c2ccccc2)cc1OC(C)=O. The van der Waals surface area contributed by atoms with Crippen molar-refractivity contribution in [3.05, 3.63) is 214 Å². The molecule has 0 unspecified atom stereocenters. The summed E-state index contributed by atoms with van der Waals surface area (Å²) in [6.45, 7) is 1.60. The fraction of sp³-hybridized carbons (Fsp3) is 0.102. The minimum Gasteiger partial charge on any atom is -0.476 e. The number of carbonyl (C=O) groups excluding carboxylic acids is 3. The highest BCUT2D eigenvalue weighted by molar-refractivity contribution is 7.14. The zero-order chi connectivity index (χ0) is 43.5. The Bertz CT molecular complexity index is 2560. The van der Waals surface area contributed by atoms with Crippen LogP contribution < -0.4 is 14.8 Å². The molecule has 0 bridgehead atoms. The van der Waals surface area contributed by atoms with Gasteiger partial charge in [0.15, 0.2) is 22.2 Å². The molecule has 0 aliphatic heterocycles. The number of anilines is 1. The highest BCUT2D eigenvalue weighted by atomic mass is 32.1. The van der Waals surface area contributed by atoms with Crippen molar-refractivity contribution in [1.82, 2.24) is 4.98 Å². The summed E-state index contributed by atoms with van der Waals surface area (Å²) in [5.41, 5.74) is 0.936. The third-order valence-corrected chi connectivity index (χ3v) is 10.4. The van der Waals surface area contributed by atoms with E-state index >= 15 is 0 Å². The van der Waals surface area contributed by atoms with Gasteiger partial charge in [-0.2, -0.15) is 0 Å². The molecule has 6 aromatic carbocycles. The molecule has 13 heteroatoms. The Labute approximate surface area is 361 Å². The monoisotopic (exact) mass is 845 g/mol. The van der Waals surface area contributed by atoms with E-state index in [2.05, 4.69) is 15.5 Å². The largest absolute Gasteiger partial charge is 0.476 e. The van der Waals surface area contributed by atoms with Crippen LogP contribution in [0.15, 0.2) is 180 Å². The van der Waals surface area contributed by atoms with Crippen molar-refractivity contribution in [2.24, 2.45) is 5.16 Å². The third-order valence-electron chi connectivity index (χ3n) is 9.69. The standard InChI is InChI=1S/C49H39N3O9S/c1-33(53)59-42-29-28-40(30-43(42)60-34(2)54)49(38-24-14-6-15-25-38,39-26-16-7-17-27-39)61-44(55)31-58-52-45(46(56)57)41-32-62-47(50-41)51-48(35-18-8-3-9-19-35,36-20-10-4-11-21-36)37-22-12-5-13-23-37/h3-30,32H,31H2,1-2H3,(H,50,51)(H,56,57)/b52-45-. The van der Waals surface area contributed by atoms with Crippen LogP contribution in [0.4, 0.5) is 5.13 Å². The van der Waals surface area contributed by atoms with Crippen LogP contribution >= 0.6 is 11.3 Å². The van der Waals surface area contributed by atoms with Gasteiger partial charge >= 0.3 is 23.9 Å². The van der Waals surface area contributed by atoms with E-state index in [0.29, 0.717) is 21.8 Å². The average Bonchev–Trinajstić information content (AvgIpc) is 3.75. The van der Waals surface area contributed by atoms with Crippen LogP contribution in [0.1, 0.15) is 52.9 Å². The molecule has 0 aliphatic rings. The first-order chi connectivity index (χ1) is 30.1. The fourth-order valence-electron chi connectivity index (χ4n) is 7.15. The molecule has 0 saturated heterocycles. The normalized spacial score (nSPS) is 11.5. The molecule has 2 N–H and O–H groups in total. The van der Waals surface area contributed by atoms with E-state index in [9.17, 15) is 24.3 Å². The highest BCUT2D eigenvalue weighted by Gasteiger charge is 2.42. The van der Waals surface area contributed by atoms with E-state index in [1.165, 1.54) is 37.3 Å². The molecule has 0 radical (unpaired) electrons. The van der Waals surface area contributed by atoms with E-state index in [-0.39, 0.29) is 17.2 Å². The van der Waals surface area contributed by atoms with Crippen LogP contribution in [0.5, 0.6) is 11.5 Å². The van der Waals surface area contributed by atoms with Crippen molar-refractivity contribution in [2.45, 2.75) is 25.0 Å². The molecule has 0 saturated carbocycles. The van der Waals surface area contributed by atoms with Gasteiger partial charge in [0.25, 0.3) is 0 Å². The maximum Gasteiger partial charge on any atom is 0.360 e. The molecular weight excluding hydrogens is 807 g/mol. The van der Waals surface area contributed by atoms with Crippen molar-refractivity contribution < 1.29 is 43.3 Å². The quantitative estimate of drug-likeness (QED) is 0.0315. The average molecular weight is 846 g/mol. The number of thiazole rings is 1. The smallest absolute Gasteiger partial charge is 0.360 e. The van der Waals surface area contributed by atoms with Gasteiger partial charge in [-0.25, -0.2) is 14.6 Å². The Morgan fingerprint density at radius 1 is 0.613 bits per heavy atom. The number of esters is 3. The summed E-state index contributed by atoms with van der Waals surface area (Å²) < 4.78 is 17.1. The van der Waals surface area contributed by atoms with Gasteiger partial charge in [-0.05, 0) is 28.8 Å². The molecule has 310 valence electrons. The summed E-state index contributed by atoms with van der Waals surface area (Å²) in [5.74, 6) is -3.80. The maximum absolute atomic E-state index is 14.0. The second kappa shape index (κ2) is 19.0. The number of carboxylic acids is 1. The number of aromatic nitrogens is 1. The van der Waals surface area contributed by atoms with Gasteiger partial charge in [-0.15, -0.1) is 11.3 Å².